The van der Waals surface area contributed by atoms with Gasteiger partial charge in [0.15, 0.2) is 0 Å². The van der Waals surface area contributed by atoms with E-state index < -0.39 is 0 Å². The third-order valence-corrected chi connectivity index (χ3v) is 3.62. The molecule has 0 spiro atoms. The second-order valence-corrected chi connectivity index (χ2v) is 5.19. The fourth-order valence-corrected chi connectivity index (χ4v) is 2.01. The van der Waals surface area contributed by atoms with E-state index in [0.29, 0.717) is 6.61 Å². The van der Waals surface area contributed by atoms with Crippen LogP contribution in [0.15, 0.2) is 34.8 Å². The van der Waals surface area contributed by atoms with Crippen LogP contribution < -0.4 is 9.47 Å². The van der Waals surface area contributed by atoms with E-state index in [2.05, 4.69) is 20.9 Å². The van der Waals surface area contributed by atoms with Crippen molar-refractivity contribution in [2.75, 3.05) is 7.11 Å². The molecular formula is C15H16BrNO2. The van der Waals surface area contributed by atoms with Crippen molar-refractivity contribution in [2.45, 2.75) is 20.5 Å². The Balaban J connectivity index is 2.09. The van der Waals surface area contributed by atoms with E-state index >= 15 is 0 Å². The average molecular weight is 322 g/mol. The third-order valence-electron chi connectivity index (χ3n) is 2.73. The Labute approximate surface area is 121 Å². The van der Waals surface area contributed by atoms with Gasteiger partial charge in [0.05, 0.1) is 12.8 Å². The van der Waals surface area contributed by atoms with Crippen LogP contribution in [0.5, 0.6) is 11.5 Å². The van der Waals surface area contributed by atoms with Gasteiger partial charge in [0.1, 0.15) is 18.1 Å². The maximum absolute atomic E-state index is 5.74. The summed E-state index contributed by atoms with van der Waals surface area (Å²) >= 11 is 3.47. The molecule has 4 heteroatoms. The lowest BCUT2D eigenvalue weighted by molar-refractivity contribution is 0.299. The molecular weight excluding hydrogens is 306 g/mol. The second kappa shape index (κ2) is 6.06. The van der Waals surface area contributed by atoms with Gasteiger partial charge < -0.3 is 9.47 Å². The number of rotatable bonds is 4. The molecule has 0 N–H and O–H groups in total. The van der Waals surface area contributed by atoms with Crippen molar-refractivity contribution in [3.8, 4) is 11.5 Å². The zero-order chi connectivity index (χ0) is 13.8. The second-order valence-electron chi connectivity index (χ2n) is 4.34. The Kier molecular flexibility index (Phi) is 4.43. The maximum Gasteiger partial charge on any atom is 0.130 e. The van der Waals surface area contributed by atoms with Crippen LogP contribution in [0.4, 0.5) is 0 Å². The summed E-state index contributed by atoms with van der Waals surface area (Å²) in [6.45, 7) is 4.40. The lowest BCUT2D eigenvalue weighted by Gasteiger charge is -2.09. The van der Waals surface area contributed by atoms with Crippen LogP contribution in [0.3, 0.4) is 0 Å². The smallest absolute Gasteiger partial charge is 0.130 e. The standard InChI is InChI=1S/C15H16BrNO2/c1-10-6-13(4-5-15(10)16)19-9-12-8-14(18-3)7-11(2)17-12/h4-8H,9H2,1-3H3. The number of nitrogens with zero attached hydrogens (tertiary/aromatic N) is 1. The van der Waals surface area contributed by atoms with Crippen molar-refractivity contribution in [3.05, 3.63) is 51.8 Å². The predicted octanol–water partition coefficient (Wildman–Crippen LogP) is 4.05. The van der Waals surface area contributed by atoms with E-state index in [9.17, 15) is 0 Å². The minimum absolute atomic E-state index is 0.430. The summed E-state index contributed by atoms with van der Waals surface area (Å²) in [6.07, 6.45) is 0. The summed E-state index contributed by atoms with van der Waals surface area (Å²) in [7, 11) is 1.65. The van der Waals surface area contributed by atoms with Gasteiger partial charge in [0.2, 0.25) is 0 Å². The summed E-state index contributed by atoms with van der Waals surface area (Å²) in [6, 6.07) is 9.70. The molecule has 0 aliphatic carbocycles. The van der Waals surface area contributed by atoms with Crippen molar-refractivity contribution < 1.29 is 9.47 Å². The molecule has 0 bridgehead atoms. The van der Waals surface area contributed by atoms with E-state index in [1.807, 2.05) is 44.2 Å². The summed E-state index contributed by atoms with van der Waals surface area (Å²) < 4.78 is 12.0. The van der Waals surface area contributed by atoms with Gasteiger partial charge in [-0.2, -0.15) is 0 Å². The number of hydrogen-bond acceptors (Lipinski definition) is 3. The number of aryl methyl sites for hydroxylation is 2. The van der Waals surface area contributed by atoms with Crippen LogP contribution in [-0.4, -0.2) is 12.1 Å². The third kappa shape index (κ3) is 3.70. The summed E-state index contributed by atoms with van der Waals surface area (Å²) in [5.74, 6) is 1.64. The zero-order valence-corrected chi connectivity index (χ0v) is 12.8. The molecule has 1 heterocycles. The van der Waals surface area contributed by atoms with Crippen LogP contribution in [-0.2, 0) is 6.61 Å². The Morgan fingerprint density at radius 1 is 1.11 bits per heavy atom. The minimum atomic E-state index is 0.430. The molecule has 3 nitrogen and oxygen atoms in total. The first kappa shape index (κ1) is 13.9. The summed E-state index contributed by atoms with van der Waals surface area (Å²) in [5.41, 5.74) is 2.93. The molecule has 0 radical (unpaired) electrons. The van der Waals surface area contributed by atoms with Gasteiger partial charge in [-0.1, -0.05) is 15.9 Å². The predicted molar refractivity (Wildman–Crippen MR) is 78.7 cm³/mol. The van der Waals surface area contributed by atoms with Gasteiger partial charge in [-0.05, 0) is 37.6 Å². The topological polar surface area (TPSA) is 31.4 Å². The molecule has 1 aromatic heterocycles. The highest BCUT2D eigenvalue weighted by Crippen LogP contribution is 2.22. The van der Waals surface area contributed by atoms with Crippen molar-refractivity contribution in [1.82, 2.24) is 4.98 Å². The number of pyridine rings is 1. The fraction of sp³-hybridized carbons (Fsp3) is 0.267. The monoisotopic (exact) mass is 321 g/mol. The first-order chi connectivity index (χ1) is 9.08. The van der Waals surface area contributed by atoms with E-state index in [4.69, 9.17) is 9.47 Å². The van der Waals surface area contributed by atoms with E-state index in [-0.39, 0.29) is 0 Å². The molecule has 0 atom stereocenters. The van der Waals surface area contributed by atoms with Crippen LogP contribution in [0, 0.1) is 13.8 Å². The molecule has 0 fully saturated rings. The molecule has 0 aliphatic heterocycles. The van der Waals surface area contributed by atoms with Gasteiger partial charge in [-0.15, -0.1) is 0 Å². The fourth-order valence-electron chi connectivity index (χ4n) is 1.76. The molecule has 0 saturated heterocycles. The highest BCUT2D eigenvalue weighted by molar-refractivity contribution is 9.10. The molecule has 2 rings (SSSR count). The van der Waals surface area contributed by atoms with Crippen molar-refractivity contribution in [2.24, 2.45) is 0 Å². The van der Waals surface area contributed by atoms with Crippen LogP contribution in [0.25, 0.3) is 0 Å². The van der Waals surface area contributed by atoms with Gasteiger partial charge in [0, 0.05) is 22.3 Å². The van der Waals surface area contributed by atoms with Gasteiger partial charge in [-0.3, -0.25) is 4.98 Å². The first-order valence-corrected chi connectivity index (χ1v) is 6.78. The Morgan fingerprint density at radius 3 is 2.58 bits per heavy atom. The van der Waals surface area contributed by atoms with Crippen molar-refractivity contribution in [1.29, 1.82) is 0 Å². The molecule has 19 heavy (non-hydrogen) atoms. The molecule has 0 aliphatic rings. The highest BCUT2D eigenvalue weighted by Gasteiger charge is 2.03. The molecule has 0 amide bonds. The number of benzene rings is 1. The number of aromatic nitrogens is 1. The van der Waals surface area contributed by atoms with Gasteiger partial charge in [-0.25, -0.2) is 0 Å². The summed E-state index contributed by atoms with van der Waals surface area (Å²) in [5, 5.41) is 0. The van der Waals surface area contributed by atoms with E-state index in [0.717, 1.165) is 32.9 Å². The van der Waals surface area contributed by atoms with Crippen LogP contribution in [0.2, 0.25) is 0 Å². The summed E-state index contributed by atoms with van der Waals surface area (Å²) in [4.78, 5) is 4.42. The molecule has 1 aromatic carbocycles. The molecule has 0 saturated carbocycles. The first-order valence-electron chi connectivity index (χ1n) is 5.99. The Bertz CT molecular complexity index is 584. The molecule has 0 unspecified atom stereocenters. The number of halogens is 1. The maximum atomic E-state index is 5.74. The number of methoxy groups -OCH3 is 1. The van der Waals surface area contributed by atoms with Crippen LogP contribution >= 0.6 is 15.9 Å². The Hall–Kier alpha value is -1.55. The normalized spacial score (nSPS) is 10.3. The molecule has 100 valence electrons. The Morgan fingerprint density at radius 2 is 1.89 bits per heavy atom. The minimum Gasteiger partial charge on any atom is -0.497 e. The number of hydrogen-bond donors (Lipinski definition) is 0. The average Bonchev–Trinajstić information content (AvgIpc) is 2.39. The lowest BCUT2D eigenvalue weighted by Crippen LogP contribution is -2.00. The van der Waals surface area contributed by atoms with E-state index in [1.54, 1.807) is 7.11 Å². The van der Waals surface area contributed by atoms with Crippen LogP contribution in [0.1, 0.15) is 17.0 Å². The number of ether oxygens (including phenoxy) is 2. The molecule has 2 aromatic rings. The van der Waals surface area contributed by atoms with Crippen molar-refractivity contribution in [3.63, 3.8) is 0 Å². The van der Waals surface area contributed by atoms with Gasteiger partial charge in [0.25, 0.3) is 0 Å². The lowest BCUT2D eigenvalue weighted by atomic mass is 10.2. The van der Waals surface area contributed by atoms with Gasteiger partial charge >= 0.3 is 0 Å². The SMILES string of the molecule is COc1cc(C)nc(COc2ccc(Br)c(C)c2)c1. The zero-order valence-electron chi connectivity index (χ0n) is 11.2. The quantitative estimate of drug-likeness (QED) is 0.851. The van der Waals surface area contributed by atoms with E-state index in [1.165, 1.54) is 0 Å². The van der Waals surface area contributed by atoms with Crippen molar-refractivity contribution >= 4 is 15.9 Å². The largest absolute Gasteiger partial charge is 0.497 e. The highest BCUT2D eigenvalue weighted by atomic mass is 79.9.